The molecule has 202 valence electrons. The zero-order chi connectivity index (χ0) is 27.7. The Morgan fingerprint density at radius 2 is 1.79 bits per heavy atom. The highest BCUT2D eigenvalue weighted by molar-refractivity contribution is 7.20. The molecule has 1 aliphatic heterocycles. The number of nitrogens with zero attached hydrogens (tertiary/aromatic N) is 4. The summed E-state index contributed by atoms with van der Waals surface area (Å²) >= 11 is 7.36. The van der Waals surface area contributed by atoms with Crippen LogP contribution in [0.4, 0.5) is 11.4 Å². The molecule has 39 heavy (non-hydrogen) atoms. The Bertz CT molecular complexity index is 1610. The average molecular weight is 566 g/mol. The second-order valence-electron chi connectivity index (χ2n) is 9.40. The summed E-state index contributed by atoms with van der Waals surface area (Å²) in [5.41, 5.74) is 2.77. The van der Waals surface area contributed by atoms with Crippen molar-refractivity contribution in [3.05, 3.63) is 80.2 Å². The number of anilines is 2. The van der Waals surface area contributed by atoms with Crippen LogP contribution < -0.4 is 20.5 Å². The number of amides is 2. The first-order chi connectivity index (χ1) is 18.7. The van der Waals surface area contributed by atoms with Crippen molar-refractivity contribution < 1.29 is 14.3 Å². The van der Waals surface area contributed by atoms with E-state index >= 15 is 0 Å². The van der Waals surface area contributed by atoms with Crippen LogP contribution in [-0.2, 0) is 11.3 Å². The Hall–Kier alpha value is -3.89. The molecule has 2 amide bonds. The number of ether oxygens (including phenoxy) is 1. The van der Waals surface area contributed by atoms with E-state index < -0.39 is 0 Å². The van der Waals surface area contributed by atoms with Gasteiger partial charge in [-0.2, -0.15) is 0 Å². The van der Waals surface area contributed by atoms with E-state index in [2.05, 4.69) is 15.2 Å². The third-order valence-electron chi connectivity index (χ3n) is 6.89. The Balaban J connectivity index is 1.29. The minimum Gasteiger partial charge on any atom is -0.497 e. The fourth-order valence-electron chi connectivity index (χ4n) is 4.61. The highest BCUT2D eigenvalue weighted by Crippen LogP contribution is 2.29. The maximum Gasteiger partial charge on any atom is 0.264 e. The van der Waals surface area contributed by atoms with Gasteiger partial charge < -0.3 is 19.9 Å². The van der Waals surface area contributed by atoms with Crippen LogP contribution in [0.3, 0.4) is 0 Å². The lowest BCUT2D eigenvalue weighted by Gasteiger charge is -2.36. The molecule has 0 atom stereocenters. The lowest BCUT2D eigenvalue weighted by molar-refractivity contribution is -0.116. The average Bonchev–Trinajstić information content (AvgIpc) is 3.29. The van der Waals surface area contributed by atoms with Gasteiger partial charge in [-0.25, -0.2) is 4.98 Å². The molecule has 11 heteroatoms. The van der Waals surface area contributed by atoms with Gasteiger partial charge >= 0.3 is 0 Å². The van der Waals surface area contributed by atoms with Gasteiger partial charge in [0.1, 0.15) is 17.1 Å². The van der Waals surface area contributed by atoms with Crippen molar-refractivity contribution in [2.24, 2.45) is 0 Å². The van der Waals surface area contributed by atoms with Crippen LogP contribution in [0.1, 0.15) is 20.8 Å². The van der Waals surface area contributed by atoms with Gasteiger partial charge in [0, 0.05) is 42.6 Å². The van der Waals surface area contributed by atoms with Crippen molar-refractivity contribution in [3.63, 3.8) is 0 Å². The van der Waals surface area contributed by atoms with E-state index in [0.29, 0.717) is 57.5 Å². The first-order valence-corrected chi connectivity index (χ1v) is 13.7. The summed E-state index contributed by atoms with van der Waals surface area (Å²) in [6.07, 6.45) is 1.35. The third-order valence-corrected chi connectivity index (χ3v) is 8.48. The smallest absolute Gasteiger partial charge is 0.264 e. The number of carbonyl (C=O) groups is 2. The molecule has 4 aromatic rings. The summed E-state index contributed by atoms with van der Waals surface area (Å²) in [6.45, 7) is 5.97. The highest BCUT2D eigenvalue weighted by atomic mass is 35.5. The molecule has 1 N–H and O–H groups in total. The van der Waals surface area contributed by atoms with Gasteiger partial charge in [-0.1, -0.05) is 17.7 Å². The summed E-state index contributed by atoms with van der Waals surface area (Å²) < 4.78 is 6.49. The van der Waals surface area contributed by atoms with Crippen molar-refractivity contribution in [3.8, 4) is 5.75 Å². The molecule has 1 saturated heterocycles. The monoisotopic (exact) mass is 565 g/mol. The van der Waals surface area contributed by atoms with Crippen LogP contribution in [0.25, 0.3) is 10.2 Å². The maximum atomic E-state index is 13.4. The standard InChI is InChI=1S/C28H28ClN5O4S/c1-17-4-5-19(14-22(17)29)31-23(35)15-34-16-30-26-24(27(34)36)18(2)25(39-26)28(37)33-12-10-32(11-13-33)20-6-8-21(38-3)9-7-20/h4-9,14,16H,10-13,15H2,1-3H3,(H,31,35). The number of methoxy groups -OCH3 is 1. The number of piperazine rings is 1. The largest absolute Gasteiger partial charge is 0.497 e. The number of hydrogen-bond acceptors (Lipinski definition) is 7. The minimum atomic E-state index is -0.378. The number of hydrogen-bond donors (Lipinski definition) is 1. The van der Waals surface area contributed by atoms with E-state index in [1.165, 1.54) is 22.2 Å². The second-order valence-corrected chi connectivity index (χ2v) is 10.8. The maximum absolute atomic E-state index is 13.4. The van der Waals surface area contributed by atoms with Crippen LogP contribution in [-0.4, -0.2) is 59.6 Å². The molecule has 9 nitrogen and oxygen atoms in total. The molecule has 5 rings (SSSR count). The lowest BCUT2D eigenvalue weighted by atomic mass is 10.2. The Morgan fingerprint density at radius 1 is 1.08 bits per heavy atom. The van der Waals surface area contributed by atoms with Gasteiger partial charge in [-0.15, -0.1) is 11.3 Å². The van der Waals surface area contributed by atoms with Crippen molar-refractivity contribution in [2.45, 2.75) is 20.4 Å². The van der Waals surface area contributed by atoms with Crippen LogP contribution in [0.15, 0.2) is 53.6 Å². The summed E-state index contributed by atoms with van der Waals surface area (Å²) in [7, 11) is 1.64. The molecule has 3 heterocycles. The number of benzene rings is 2. The van der Waals surface area contributed by atoms with Crippen molar-refractivity contribution in [2.75, 3.05) is 43.5 Å². The normalized spacial score (nSPS) is 13.5. The lowest BCUT2D eigenvalue weighted by Crippen LogP contribution is -2.48. The molecule has 0 saturated carbocycles. The molecule has 0 spiro atoms. The number of thiophene rings is 1. The van der Waals surface area contributed by atoms with E-state index in [1.807, 2.05) is 42.2 Å². The molecule has 1 fully saturated rings. The molecule has 1 aliphatic rings. The third kappa shape index (κ3) is 5.48. The molecule has 0 bridgehead atoms. The molecular formula is C28H28ClN5O4S. The van der Waals surface area contributed by atoms with Gasteiger partial charge in [-0.05, 0) is 61.4 Å². The number of fused-ring (bicyclic) bond motifs is 1. The quantitative estimate of drug-likeness (QED) is 0.374. The predicted octanol–water partition coefficient (Wildman–Crippen LogP) is 4.34. The zero-order valence-corrected chi connectivity index (χ0v) is 23.4. The summed E-state index contributed by atoms with van der Waals surface area (Å²) in [6, 6.07) is 13.1. The minimum absolute atomic E-state index is 0.107. The van der Waals surface area contributed by atoms with E-state index in [1.54, 1.807) is 26.2 Å². The van der Waals surface area contributed by atoms with Crippen LogP contribution in [0.5, 0.6) is 5.75 Å². The number of nitrogens with one attached hydrogen (secondary N) is 1. The van der Waals surface area contributed by atoms with Crippen LogP contribution >= 0.6 is 22.9 Å². The predicted molar refractivity (Wildman–Crippen MR) is 155 cm³/mol. The Labute approximate surface area is 234 Å². The fourth-order valence-corrected chi connectivity index (χ4v) is 5.89. The number of aryl methyl sites for hydroxylation is 2. The van der Waals surface area contributed by atoms with Gasteiger partial charge in [0.25, 0.3) is 11.5 Å². The van der Waals surface area contributed by atoms with Gasteiger partial charge in [0.2, 0.25) is 5.91 Å². The Kier molecular flexibility index (Phi) is 7.58. The topological polar surface area (TPSA) is 96.8 Å². The zero-order valence-electron chi connectivity index (χ0n) is 21.9. The van der Waals surface area contributed by atoms with E-state index in [-0.39, 0.29) is 23.9 Å². The summed E-state index contributed by atoms with van der Waals surface area (Å²) in [4.78, 5) is 48.8. The van der Waals surface area contributed by atoms with Gasteiger partial charge in [0.15, 0.2) is 0 Å². The van der Waals surface area contributed by atoms with Gasteiger partial charge in [0.05, 0.1) is 23.7 Å². The molecule has 0 unspecified atom stereocenters. The van der Waals surface area contributed by atoms with Crippen molar-refractivity contribution >= 4 is 56.3 Å². The van der Waals surface area contributed by atoms with Gasteiger partial charge in [-0.3, -0.25) is 19.0 Å². The first kappa shape index (κ1) is 26.7. The van der Waals surface area contributed by atoms with Crippen LogP contribution in [0.2, 0.25) is 5.02 Å². The summed E-state index contributed by atoms with van der Waals surface area (Å²) in [5, 5.41) is 3.67. The number of rotatable bonds is 6. The van der Waals surface area contributed by atoms with Crippen molar-refractivity contribution in [1.82, 2.24) is 14.5 Å². The molecule has 0 aliphatic carbocycles. The van der Waals surface area contributed by atoms with E-state index in [9.17, 15) is 14.4 Å². The number of halogens is 1. The first-order valence-electron chi connectivity index (χ1n) is 12.5. The molecule has 2 aromatic heterocycles. The van der Waals surface area contributed by atoms with Crippen LogP contribution in [0, 0.1) is 13.8 Å². The van der Waals surface area contributed by atoms with E-state index in [4.69, 9.17) is 16.3 Å². The number of aromatic nitrogens is 2. The second kappa shape index (κ2) is 11.1. The van der Waals surface area contributed by atoms with Crippen molar-refractivity contribution in [1.29, 1.82) is 0 Å². The van der Waals surface area contributed by atoms with E-state index in [0.717, 1.165) is 17.0 Å². The highest BCUT2D eigenvalue weighted by Gasteiger charge is 2.27. The fraction of sp³-hybridized carbons (Fsp3) is 0.286. The Morgan fingerprint density at radius 3 is 2.46 bits per heavy atom. The SMILES string of the molecule is COc1ccc(N2CCN(C(=O)c3sc4ncn(CC(=O)Nc5ccc(C)c(Cl)c5)c(=O)c4c3C)CC2)cc1. The summed E-state index contributed by atoms with van der Waals surface area (Å²) in [5.74, 6) is 0.319. The molecule has 2 aromatic carbocycles. The molecular weight excluding hydrogens is 538 g/mol. The number of carbonyl (C=O) groups excluding carboxylic acids is 2. The molecule has 0 radical (unpaired) electrons.